The lowest BCUT2D eigenvalue weighted by molar-refractivity contribution is -0.126. The smallest absolute Gasteiger partial charge is 0.231 e. The summed E-state index contributed by atoms with van der Waals surface area (Å²) in [5.41, 5.74) is 2.27. The van der Waals surface area contributed by atoms with Crippen LogP contribution in [-0.4, -0.2) is 17.4 Å². The van der Waals surface area contributed by atoms with Crippen LogP contribution >= 0.6 is 0 Å². The maximum atomic E-state index is 11.5. The van der Waals surface area contributed by atoms with Crippen molar-refractivity contribution in [2.45, 2.75) is 13.3 Å². The molecule has 0 aliphatic carbocycles. The molecule has 0 saturated heterocycles. The van der Waals surface area contributed by atoms with Crippen molar-refractivity contribution in [3.05, 3.63) is 42.1 Å². The van der Waals surface area contributed by atoms with Crippen LogP contribution in [0.1, 0.15) is 18.9 Å². The number of carbonyl (C=O) groups is 1. The lowest BCUT2D eigenvalue weighted by Gasteiger charge is -2.07. The first-order valence-corrected chi connectivity index (χ1v) is 4.87. The van der Waals surface area contributed by atoms with E-state index in [9.17, 15) is 4.79 Å². The number of hydrogen-bond donors (Lipinski definition) is 0. The Labute approximate surface area is 83.8 Å². The molecule has 2 heteroatoms. The molecule has 0 spiro atoms. The number of hydrogen-bond acceptors (Lipinski definition) is 1. The van der Waals surface area contributed by atoms with E-state index in [0.29, 0.717) is 6.42 Å². The third-order valence-corrected chi connectivity index (χ3v) is 2.46. The zero-order valence-electron chi connectivity index (χ0n) is 8.23. The largest absolute Gasteiger partial charge is 0.319 e. The highest BCUT2D eigenvalue weighted by molar-refractivity contribution is 5.94. The van der Waals surface area contributed by atoms with E-state index in [-0.39, 0.29) is 5.91 Å². The first kappa shape index (κ1) is 9.00. The molecule has 2 rings (SSSR count). The van der Waals surface area contributed by atoms with E-state index in [1.54, 1.807) is 4.90 Å². The Morgan fingerprint density at radius 3 is 2.57 bits per heavy atom. The first-order chi connectivity index (χ1) is 6.81. The molecule has 0 radical (unpaired) electrons. The van der Waals surface area contributed by atoms with Gasteiger partial charge in [0.15, 0.2) is 0 Å². The van der Waals surface area contributed by atoms with E-state index in [0.717, 1.165) is 17.7 Å². The number of carbonyl (C=O) groups excluding carboxylic acids is 1. The molecule has 1 aliphatic rings. The summed E-state index contributed by atoms with van der Waals surface area (Å²) in [4.78, 5) is 13.2. The summed E-state index contributed by atoms with van der Waals surface area (Å²) in [6, 6.07) is 10.1. The average molecular weight is 187 g/mol. The van der Waals surface area contributed by atoms with Crippen LogP contribution in [0.4, 0.5) is 0 Å². The van der Waals surface area contributed by atoms with Gasteiger partial charge in [0.05, 0.1) is 6.42 Å². The highest BCUT2D eigenvalue weighted by Crippen LogP contribution is 2.25. The van der Waals surface area contributed by atoms with Gasteiger partial charge in [-0.1, -0.05) is 30.3 Å². The Morgan fingerprint density at radius 2 is 2.00 bits per heavy atom. The van der Waals surface area contributed by atoms with Gasteiger partial charge in [-0.25, -0.2) is 0 Å². The second kappa shape index (κ2) is 3.66. The van der Waals surface area contributed by atoms with Gasteiger partial charge in [-0.3, -0.25) is 4.79 Å². The Bertz CT molecular complexity index is 367. The lowest BCUT2D eigenvalue weighted by atomic mass is 10.1. The van der Waals surface area contributed by atoms with Gasteiger partial charge in [0.1, 0.15) is 0 Å². The van der Waals surface area contributed by atoms with Gasteiger partial charge in [0.25, 0.3) is 0 Å². The Hall–Kier alpha value is -1.57. The molecule has 2 nitrogen and oxygen atoms in total. The van der Waals surface area contributed by atoms with Crippen LogP contribution in [0, 0.1) is 0 Å². The quantitative estimate of drug-likeness (QED) is 0.695. The van der Waals surface area contributed by atoms with Gasteiger partial charge in [0.2, 0.25) is 5.91 Å². The average Bonchev–Trinajstić information content (AvgIpc) is 2.61. The third kappa shape index (κ3) is 1.55. The molecule has 0 unspecified atom stereocenters. The molecular weight excluding hydrogens is 174 g/mol. The zero-order valence-corrected chi connectivity index (χ0v) is 8.23. The van der Waals surface area contributed by atoms with Gasteiger partial charge in [-0.15, -0.1) is 0 Å². The van der Waals surface area contributed by atoms with Gasteiger partial charge in [-0.2, -0.15) is 0 Å². The molecule has 0 saturated carbocycles. The zero-order chi connectivity index (χ0) is 9.97. The molecule has 1 amide bonds. The molecule has 0 aromatic heterocycles. The Balaban J connectivity index is 2.26. The minimum absolute atomic E-state index is 0.200. The minimum atomic E-state index is 0.200. The van der Waals surface area contributed by atoms with Gasteiger partial charge in [-0.05, 0) is 18.1 Å². The van der Waals surface area contributed by atoms with Crippen LogP contribution in [0.5, 0.6) is 0 Å². The molecule has 0 N–H and O–H groups in total. The van der Waals surface area contributed by atoms with Crippen molar-refractivity contribution in [1.82, 2.24) is 4.90 Å². The van der Waals surface area contributed by atoms with Crippen molar-refractivity contribution in [2.75, 3.05) is 6.54 Å². The molecule has 1 aromatic carbocycles. The Morgan fingerprint density at radius 1 is 1.29 bits per heavy atom. The van der Waals surface area contributed by atoms with Crippen LogP contribution in [0.15, 0.2) is 36.5 Å². The fourth-order valence-electron chi connectivity index (χ4n) is 1.67. The second-order valence-corrected chi connectivity index (χ2v) is 3.38. The Kier molecular flexibility index (Phi) is 2.35. The predicted molar refractivity (Wildman–Crippen MR) is 56.4 cm³/mol. The number of amides is 1. The van der Waals surface area contributed by atoms with E-state index >= 15 is 0 Å². The molecule has 1 heterocycles. The standard InChI is InChI=1S/C12H13NO/c1-2-13-9-11(8-12(13)14)10-6-4-3-5-7-10/h3-7,9H,2,8H2,1H3. The minimum Gasteiger partial charge on any atom is -0.319 e. The lowest BCUT2D eigenvalue weighted by Crippen LogP contribution is -2.19. The molecule has 14 heavy (non-hydrogen) atoms. The molecule has 0 fully saturated rings. The van der Waals surface area contributed by atoms with Crippen LogP contribution in [-0.2, 0) is 4.79 Å². The molecular formula is C12H13NO. The van der Waals surface area contributed by atoms with Crippen LogP contribution in [0.25, 0.3) is 5.57 Å². The van der Waals surface area contributed by atoms with Crippen molar-refractivity contribution < 1.29 is 4.79 Å². The topological polar surface area (TPSA) is 20.3 Å². The second-order valence-electron chi connectivity index (χ2n) is 3.38. The molecule has 1 aromatic rings. The van der Waals surface area contributed by atoms with Gasteiger partial charge in [0, 0.05) is 12.7 Å². The number of rotatable bonds is 2. The fourth-order valence-corrected chi connectivity index (χ4v) is 1.67. The summed E-state index contributed by atoms with van der Waals surface area (Å²) >= 11 is 0. The van der Waals surface area contributed by atoms with Crippen molar-refractivity contribution in [3.63, 3.8) is 0 Å². The van der Waals surface area contributed by atoms with Crippen LogP contribution in [0.2, 0.25) is 0 Å². The summed E-state index contributed by atoms with van der Waals surface area (Å²) in [6.45, 7) is 2.75. The first-order valence-electron chi connectivity index (χ1n) is 4.87. The summed E-state index contributed by atoms with van der Waals surface area (Å²) < 4.78 is 0. The van der Waals surface area contributed by atoms with Crippen LogP contribution < -0.4 is 0 Å². The van der Waals surface area contributed by atoms with Crippen molar-refractivity contribution in [2.24, 2.45) is 0 Å². The highest BCUT2D eigenvalue weighted by atomic mass is 16.2. The third-order valence-electron chi connectivity index (χ3n) is 2.46. The summed E-state index contributed by atoms with van der Waals surface area (Å²) in [7, 11) is 0. The van der Waals surface area contributed by atoms with Gasteiger partial charge < -0.3 is 4.90 Å². The fraction of sp³-hybridized carbons (Fsp3) is 0.250. The summed E-state index contributed by atoms with van der Waals surface area (Å²) in [6.07, 6.45) is 2.50. The molecule has 72 valence electrons. The summed E-state index contributed by atoms with van der Waals surface area (Å²) in [5.74, 6) is 0.200. The van der Waals surface area contributed by atoms with Crippen molar-refractivity contribution >= 4 is 11.5 Å². The highest BCUT2D eigenvalue weighted by Gasteiger charge is 2.20. The predicted octanol–water partition coefficient (Wildman–Crippen LogP) is 2.28. The molecule has 0 atom stereocenters. The monoisotopic (exact) mass is 187 g/mol. The molecule has 0 bridgehead atoms. The van der Waals surface area contributed by atoms with E-state index in [1.807, 2.05) is 43.5 Å². The van der Waals surface area contributed by atoms with Crippen LogP contribution in [0.3, 0.4) is 0 Å². The van der Waals surface area contributed by atoms with Gasteiger partial charge >= 0.3 is 0 Å². The van der Waals surface area contributed by atoms with Crippen molar-refractivity contribution in [3.8, 4) is 0 Å². The van der Waals surface area contributed by atoms with E-state index in [4.69, 9.17) is 0 Å². The maximum absolute atomic E-state index is 11.5. The number of benzene rings is 1. The summed E-state index contributed by atoms with van der Waals surface area (Å²) in [5, 5.41) is 0. The number of nitrogens with zero attached hydrogens (tertiary/aromatic N) is 1. The van der Waals surface area contributed by atoms with E-state index < -0.39 is 0 Å². The SMILES string of the molecule is CCN1C=C(c2ccccc2)CC1=O. The normalized spacial score (nSPS) is 15.9. The molecule has 1 aliphatic heterocycles. The maximum Gasteiger partial charge on any atom is 0.231 e. The van der Waals surface area contributed by atoms with Crippen molar-refractivity contribution in [1.29, 1.82) is 0 Å². The van der Waals surface area contributed by atoms with E-state index in [1.165, 1.54) is 0 Å². The van der Waals surface area contributed by atoms with E-state index in [2.05, 4.69) is 0 Å².